The van der Waals surface area contributed by atoms with Crippen LogP contribution in [0.15, 0.2) is 48.5 Å². The third-order valence-corrected chi connectivity index (χ3v) is 5.30. The number of ether oxygens (including phenoxy) is 1. The third kappa shape index (κ3) is 5.91. The highest BCUT2D eigenvalue weighted by atomic mass is 35.5. The second-order valence-corrected chi connectivity index (χ2v) is 7.65. The maximum absolute atomic E-state index is 12.8. The second-order valence-electron chi connectivity index (χ2n) is 7.21. The highest BCUT2D eigenvalue weighted by molar-refractivity contribution is 6.30. The molecule has 0 unspecified atom stereocenters. The van der Waals surface area contributed by atoms with Crippen molar-refractivity contribution >= 4 is 29.3 Å². The van der Waals surface area contributed by atoms with Crippen LogP contribution in [0.4, 0.5) is 0 Å². The molecule has 1 aliphatic rings. The van der Waals surface area contributed by atoms with Crippen LogP contribution in [0.2, 0.25) is 5.02 Å². The van der Waals surface area contributed by atoms with Gasteiger partial charge < -0.3 is 10.1 Å². The molecule has 0 aliphatic heterocycles. The van der Waals surface area contributed by atoms with Gasteiger partial charge in [0, 0.05) is 22.2 Å². The van der Waals surface area contributed by atoms with Gasteiger partial charge in [-0.2, -0.15) is 0 Å². The lowest BCUT2D eigenvalue weighted by molar-refractivity contribution is -0.125. The number of hydrogen-bond acceptors (Lipinski definition) is 4. The van der Waals surface area contributed by atoms with Crippen molar-refractivity contribution in [1.82, 2.24) is 5.32 Å². The molecule has 0 saturated heterocycles. The summed E-state index contributed by atoms with van der Waals surface area (Å²) in [5.41, 5.74) is 0.777. The van der Waals surface area contributed by atoms with E-state index in [0.717, 1.165) is 25.7 Å². The Labute approximate surface area is 175 Å². The fourth-order valence-electron chi connectivity index (χ4n) is 3.52. The summed E-state index contributed by atoms with van der Waals surface area (Å²) >= 11 is 5.87. The normalized spacial score (nSPS) is 14.7. The molecular weight excluding hydrogens is 390 g/mol. The quantitative estimate of drug-likeness (QED) is 0.428. The number of halogens is 1. The van der Waals surface area contributed by atoms with Gasteiger partial charge in [-0.05, 0) is 43.2 Å². The lowest BCUT2D eigenvalue weighted by atomic mass is 9.98. The van der Waals surface area contributed by atoms with Crippen LogP contribution in [-0.4, -0.2) is 30.3 Å². The van der Waals surface area contributed by atoms with Crippen LogP contribution >= 0.6 is 11.6 Å². The van der Waals surface area contributed by atoms with Gasteiger partial charge in [0.1, 0.15) is 0 Å². The van der Waals surface area contributed by atoms with E-state index in [1.807, 2.05) is 0 Å². The Morgan fingerprint density at radius 3 is 2.17 bits per heavy atom. The lowest BCUT2D eigenvalue weighted by Crippen LogP contribution is -2.37. The highest BCUT2D eigenvalue weighted by Gasteiger charge is 2.21. The molecule has 1 aliphatic carbocycles. The van der Waals surface area contributed by atoms with E-state index in [0.29, 0.717) is 10.6 Å². The Hall–Kier alpha value is -2.66. The number of carbonyl (C=O) groups is 3. The molecule has 0 heterocycles. The first-order valence-corrected chi connectivity index (χ1v) is 10.3. The summed E-state index contributed by atoms with van der Waals surface area (Å²) in [6.45, 7) is -0.362. The van der Waals surface area contributed by atoms with E-state index in [1.165, 1.54) is 18.9 Å². The Kier molecular flexibility index (Phi) is 7.42. The zero-order chi connectivity index (χ0) is 20.6. The van der Waals surface area contributed by atoms with Gasteiger partial charge in [-0.3, -0.25) is 9.59 Å². The van der Waals surface area contributed by atoms with Gasteiger partial charge in [0.05, 0.1) is 5.56 Å². The van der Waals surface area contributed by atoms with Gasteiger partial charge in [-0.1, -0.05) is 55.5 Å². The number of esters is 1. The minimum atomic E-state index is -0.695. The van der Waals surface area contributed by atoms with Crippen molar-refractivity contribution in [1.29, 1.82) is 0 Å². The highest BCUT2D eigenvalue weighted by Crippen LogP contribution is 2.19. The molecule has 29 heavy (non-hydrogen) atoms. The smallest absolute Gasteiger partial charge is 0.339 e. The molecule has 1 amide bonds. The summed E-state index contributed by atoms with van der Waals surface area (Å²) in [6.07, 6.45) is 6.51. The van der Waals surface area contributed by atoms with E-state index < -0.39 is 5.97 Å². The lowest BCUT2D eigenvalue weighted by Gasteiger charge is -2.16. The largest absolute Gasteiger partial charge is 0.452 e. The van der Waals surface area contributed by atoms with Gasteiger partial charge in [-0.25, -0.2) is 4.79 Å². The average molecular weight is 414 g/mol. The molecule has 152 valence electrons. The first kappa shape index (κ1) is 21.1. The van der Waals surface area contributed by atoms with Gasteiger partial charge in [0.25, 0.3) is 5.91 Å². The molecular formula is C23H24ClNO4. The summed E-state index contributed by atoms with van der Waals surface area (Å²) in [7, 11) is 0. The second kappa shape index (κ2) is 10.2. The van der Waals surface area contributed by atoms with E-state index in [-0.39, 0.29) is 35.5 Å². The van der Waals surface area contributed by atoms with Crippen LogP contribution in [-0.2, 0) is 9.53 Å². The number of carbonyl (C=O) groups excluding carboxylic acids is 3. The maximum Gasteiger partial charge on any atom is 0.339 e. The molecule has 2 aromatic rings. The van der Waals surface area contributed by atoms with Crippen LogP contribution in [0.1, 0.15) is 64.8 Å². The van der Waals surface area contributed by atoms with E-state index in [4.69, 9.17) is 16.3 Å². The van der Waals surface area contributed by atoms with E-state index in [2.05, 4.69) is 5.32 Å². The van der Waals surface area contributed by atoms with Crippen molar-refractivity contribution in [3.05, 3.63) is 70.2 Å². The zero-order valence-electron chi connectivity index (χ0n) is 16.2. The van der Waals surface area contributed by atoms with Crippen molar-refractivity contribution in [2.45, 2.75) is 44.6 Å². The molecule has 1 saturated carbocycles. The molecule has 0 aromatic heterocycles. The number of ketones is 1. The van der Waals surface area contributed by atoms with Crippen LogP contribution in [0.5, 0.6) is 0 Å². The summed E-state index contributed by atoms with van der Waals surface area (Å²) < 4.78 is 5.18. The fourth-order valence-corrected chi connectivity index (χ4v) is 3.64. The van der Waals surface area contributed by atoms with Crippen molar-refractivity contribution in [2.24, 2.45) is 0 Å². The van der Waals surface area contributed by atoms with Crippen LogP contribution in [0.25, 0.3) is 0 Å². The molecule has 2 aromatic carbocycles. The number of hydrogen-bond donors (Lipinski definition) is 1. The van der Waals surface area contributed by atoms with Gasteiger partial charge >= 0.3 is 5.97 Å². The van der Waals surface area contributed by atoms with Crippen molar-refractivity contribution in [2.75, 3.05) is 6.61 Å². The Bertz CT molecular complexity index is 871. The molecule has 3 rings (SSSR count). The fraction of sp³-hybridized carbons (Fsp3) is 0.348. The van der Waals surface area contributed by atoms with Gasteiger partial charge in [0.2, 0.25) is 0 Å². The van der Waals surface area contributed by atoms with Crippen LogP contribution in [0, 0.1) is 0 Å². The van der Waals surface area contributed by atoms with E-state index >= 15 is 0 Å². The maximum atomic E-state index is 12.8. The number of rotatable bonds is 6. The standard InChI is InChI=1S/C23H24ClNO4/c24-17-13-11-16(12-14-17)22(27)19-9-5-6-10-20(19)23(28)29-15-21(26)25-18-7-3-1-2-4-8-18/h5-6,9-14,18H,1-4,7-8,15H2,(H,25,26). The summed E-state index contributed by atoms with van der Waals surface area (Å²) in [5.74, 6) is -1.32. The predicted molar refractivity (Wildman–Crippen MR) is 111 cm³/mol. The molecule has 0 spiro atoms. The van der Waals surface area contributed by atoms with Gasteiger partial charge in [0.15, 0.2) is 12.4 Å². The van der Waals surface area contributed by atoms with Crippen LogP contribution in [0.3, 0.4) is 0 Å². The Balaban J connectivity index is 1.63. The van der Waals surface area contributed by atoms with Crippen molar-refractivity contribution in [3.8, 4) is 0 Å². The monoisotopic (exact) mass is 413 g/mol. The SMILES string of the molecule is O=C(COC(=O)c1ccccc1C(=O)c1ccc(Cl)cc1)NC1CCCCCC1. The Morgan fingerprint density at radius 1 is 0.897 bits per heavy atom. The number of amides is 1. The minimum absolute atomic E-state index is 0.134. The van der Waals surface area contributed by atoms with Crippen molar-refractivity contribution < 1.29 is 19.1 Å². The average Bonchev–Trinajstić information content (AvgIpc) is 3.00. The summed E-state index contributed by atoms with van der Waals surface area (Å²) in [6, 6.07) is 13.0. The minimum Gasteiger partial charge on any atom is -0.452 e. The molecule has 0 bridgehead atoms. The topological polar surface area (TPSA) is 72.5 Å². The Morgan fingerprint density at radius 2 is 1.52 bits per heavy atom. The zero-order valence-corrected chi connectivity index (χ0v) is 16.9. The van der Waals surface area contributed by atoms with Crippen LogP contribution < -0.4 is 5.32 Å². The molecule has 1 fully saturated rings. The van der Waals surface area contributed by atoms with E-state index in [9.17, 15) is 14.4 Å². The third-order valence-electron chi connectivity index (χ3n) is 5.05. The predicted octanol–water partition coefficient (Wildman–Crippen LogP) is 4.57. The molecule has 1 N–H and O–H groups in total. The molecule has 0 radical (unpaired) electrons. The van der Waals surface area contributed by atoms with Crippen molar-refractivity contribution in [3.63, 3.8) is 0 Å². The number of nitrogens with one attached hydrogen (secondary N) is 1. The first-order valence-electron chi connectivity index (χ1n) is 9.90. The molecule has 6 heteroatoms. The number of benzene rings is 2. The first-order chi connectivity index (χ1) is 14.0. The van der Waals surface area contributed by atoms with Gasteiger partial charge in [-0.15, -0.1) is 0 Å². The molecule has 0 atom stereocenters. The summed E-state index contributed by atoms with van der Waals surface area (Å²) in [4.78, 5) is 37.5. The summed E-state index contributed by atoms with van der Waals surface area (Å²) in [5, 5.41) is 3.46. The van der Waals surface area contributed by atoms with E-state index in [1.54, 1.807) is 42.5 Å². The molecule has 5 nitrogen and oxygen atoms in total.